The summed E-state index contributed by atoms with van der Waals surface area (Å²) in [5.74, 6) is -4.07. The van der Waals surface area contributed by atoms with Crippen LogP contribution in [0.5, 0.6) is 0 Å². The van der Waals surface area contributed by atoms with Crippen LogP contribution in [0.2, 0.25) is 0 Å². The summed E-state index contributed by atoms with van der Waals surface area (Å²) in [6, 6.07) is -1.93. The van der Waals surface area contributed by atoms with E-state index in [-0.39, 0.29) is 0 Å². The molecule has 0 aliphatic heterocycles. The van der Waals surface area contributed by atoms with Crippen molar-refractivity contribution in [3.8, 4) is 0 Å². The fraction of sp³-hybridized carbons (Fsp3) is 0.400. The first-order chi connectivity index (χ1) is 8.23. The van der Waals surface area contributed by atoms with E-state index in [4.69, 9.17) is 11.5 Å². The molecule has 0 saturated heterocycles. The Balaban J connectivity index is 4.23. The van der Waals surface area contributed by atoms with Crippen molar-refractivity contribution >= 4 is 23.9 Å². The molecule has 8 heteroatoms. The molecule has 0 aliphatic rings. The molecule has 0 fully saturated rings. The maximum atomic E-state index is 11.0. The van der Waals surface area contributed by atoms with Crippen molar-refractivity contribution in [1.29, 1.82) is 0 Å². The predicted molar refractivity (Wildman–Crippen MR) is 58.6 cm³/mol. The Labute approximate surface area is 103 Å². The first kappa shape index (κ1) is 15.9. The van der Waals surface area contributed by atoms with Crippen LogP contribution in [0.4, 0.5) is 0 Å². The Bertz CT molecular complexity index is 350. The fourth-order valence-electron chi connectivity index (χ4n) is 0.588. The van der Waals surface area contributed by atoms with Gasteiger partial charge in [-0.3, -0.25) is 0 Å². The molecule has 0 spiro atoms. The highest BCUT2D eigenvalue weighted by Crippen LogP contribution is 1.91. The lowest BCUT2D eigenvalue weighted by atomic mass is 10.4. The second-order valence-corrected chi connectivity index (χ2v) is 3.39. The van der Waals surface area contributed by atoms with Crippen molar-refractivity contribution in [2.45, 2.75) is 25.9 Å². The highest BCUT2D eigenvalue weighted by Gasteiger charge is 2.14. The summed E-state index contributed by atoms with van der Waals surface area (Å²) in [4.78, 5) is 43.7. The number of hydrogen-bond donors (Lipinski definition) is 2. The molecule has 0 aromatic carbocycles. The highest BCUT2D eigenvalue weighted by atomic mass is 16.6. The van der Waals surface area contributed by atoms with Crippen molar-refractivity contribution in [2.24, 2.45) is 11.5 Å². The normalized spacial score (nSPS) is 13.8. The van der Waals surface area contributed by atoms with Crippen LogP contribution in [-0.4, -0.2) is 36.0 Å². The van der Waals surface area contributed by atoms with Gasteiger partial charge in [-0.15, -0.1) is 0 Å². The molecule has 2 atom stereocenters. The van der Waals surface area contributed by atoms with Crippen LogP contribution in [0.15, 0.2) is 12.2 Å². The fourth-order valence-corrected chi connectivity index (χ4v) is 0.588. The molecule has 0 bridgehead atoms. The minimum atomic E-state index is -1.09. The summed E-state index contributed by atoms with van der Waals surface area (Å²) in [6.45, 7) is 2.66. The van der Waals surface area contributed by atoms with Gasteiger partial charge in [0.25, 0.3) is 0 Å². The molecule has 2 unspecified atom stereocenters. The van der Waals surface area contributed by atoms with Gasteiger partial charge >= 0.3 is 23.9 Å². The summed E-state index contributed by atoms with van der Waals surface area (Å²) in [5, 5.41) is 0. The Hall–Kier alpha value is -2.06. The number of esters is 4. The molecule has 0 aromatic heterocycles. The molecule has 18 heavy (non-hydrogen) atoms. The van der Waals surface area contributed by atoms with Gasteiger partial charge in [-0.05, 0) is 13.8 Å². The van der Waals surface area contributed by atoms with Crippen LogP contribution in [0.25, 0.3) is 0 Å². The Morgan fingerprint density at radius 2 is 1.11 bits per heavy atom. The van der Waals surface area contributed by atoms with E-state index >= 15 is 0 Å². The monoisotopic (exact) mass is 258 g/mol. The number of carbonyl (C=O) groups is 4. The van der Waals surface area contributed by atoms with Crippen molar-refractivity contribution in [3.63, 3.8) is 0 Å². The first-order valence-corrected chi connectivity index (χ1v) is 4.94. The SMILES string of the molecule is CC(N)C(=O)OC(=O)/C=C\C(=O)OC(=O)C(C)N. The van der Waals surface area contributed by atoms with E-state index in [0.29, 0.717) is 12.2 Å². The average molecular weight is 258 g/mol. The largest absolute Gasteiger partial charge is 0.389 e. The van der Waals surface area contributed by atoms with Crippen molar-refractivity contribution in [1.82, 2.24) is 0 Å². The number of nitrogens with two attached hydrogens (primary N) is 2. The van der Waals surface area contributed by atoms with Gasteiger partial charge in [-0.2, -0.15) is 0 Å². The third-order valence-electron chi connectivity index (χ3n) is 1.50. The van der Waals surface area contributed by atoms with E-state index in [9.17, 15) is 19.2 Å². The lowest BCUT2D eigenvalue weighted by Crippen LogP contribution is -2.30. The van der Waals surface area contributed by atoms with Crippen molar-refractivity contribution in [3.05, 3.63) is 12.2 Å². The van der Waals surface area contributed by atoms with E-state index in [1.165, 1.54) is 13.8 Å². The van der Waals surface area contributed by atoms with Gasteiger partial charge in [0.1, 0.15) is 12.1 Å². The third-order valence-corrected chi connectivity index (χ3v) is 1.50. The smallest absolute Gasteiger partial charge is 0.338 e. The minimum absolute atomic E-state index is 0.636. The minimum Gasteiger partial charge on any atom is -0.389 e. The molecular weight excluding hydrogens is 244 g/mol. The average Bonchev–Trinajstić information content (AvgIpc) is 2.25. The quantitative estimate of drug-likeness (QED) is 0.348. The molecule has 8 nitrogen and oxygen atoms in total. The van der Waals surface area contributed by atoms with Crippen LogP contribution in [0.3, 0.4) is 0 Å². The van der Waals surface area contributed by atoms with Gasteiger partial charge in [0, 0.05) is 12.2 Å². The first-order valence-electron chi connectivity index (χ1n) is 4.94. The van der Waals surface area contributed by atoms with Gasteiger partial charge in [0.15, 0.2) is 0 Å². The summed E-state index contributed by atoms with van der Waals surface area (Å²) < 4.78 is 8.42. The van der Waals surface area contributed by atoms with Crippen LogP contribution >= 0.6 is 0 Å². The molecule has 0 amide bonds. The zero-order valence-electron chi connectivity index (χ0n) is 9.91. The van der Waals surface area contributed by atoms with E-state index < -0.39 is 36.0 Å². The van der Waals surface area contributed by atoms with E-state index in [2.05, 4.69) is 9.47 Å². The predicted octanol–water partition coefficient (Wildman–Crippen LogP) is -1.62. The molecular formula is C10H14N2O6. The zero-order chi connectivity index (χ0) is 14.3. The standard InChI is InChI=1S/C10H14N2O6/c1-5(11)9(15)17-7(13)3-4-8(14)18-10(16)6(2)12/h3-6H,11-12H2,1-2H3/b4-3-. The molecule has 0 rings (SSSR count). The van der Waals surface area contributed by atoms with Gasteiger partial charge in [0.05, 0.1) is 0 Å². The Morgan fingerprint density at radius 3 is 1.33 bits per heavy atom. The number of ether oxygens (including phenoxy) is 2. The molecule has 4 N–H and O–H groups in total. The lowest BCUT2D eigenvalue weighted by Gasteiger charge is -2.03. The third kappa shape index (κ3) is 6.51. The van der Waals surface area contributed by atoms with E-state index in [1.54, 1.807) is 0 Å². The second-order valence-electron chi connectivity index (χ2n) is 3.39. The molecule has 0 radical (unpaired) electrons. The molecule has 100 valence electrons. The summed E-state index contributed by atoms with van der Waals surface area (Å²) in [7, 11) is 0. The summed E-state index contributed by atoms with van der Waals surface area (Å²) in [5.41, 5.74) is 10.3. The lowest BCUT2D eigenvalue weighted by molar-refractivity contribution is -0.159. The molecule has 0 saturated carbocycles. The maximum Gasteiger partial charge on any atom is 0.338 e. The topological polar surface area (TPSA) is 139 Å². The van der Waals surface area contributed by atoms with Crippen LogP contribution in [0, 0.1) is 0 Å². The second kappa shape index (κ2) is 7.30. The van der Waals surface area contributed by atoms with Gasteiger partial charge in [0.2, 0.25) is 0 Å². The van der Waals surface area contributed by atoms with Crippen LogP contribution < -0.4 is 11.5 Å². The highest BCUT2D eigenvalue weighted by molar-refractivity contribution is 6.00. The zero-order valence-corrected chi connectivity index (χ0v) is 9.91. The Kier molecular flexibility index (Phi) is 6.47. The van der Waals surface area contributed by atoms with Crippen molar-refractivity contribution in [2.75, 3.05) is 0 Å². The maximum absolute atomic E-state index is 11.0. The van der Waals surface area contributed by atoms with E-state index in [1.807, 2.05) is 0 Å². The molecule has 0 heterocycles. The number of hydrogen-bond acceptors (Lipinski definition) is 8. The van der Waals surface area contributed by atoms with Gasteiger partial charge in [-0.1, -0.05) is 0 Å². The van der Waals surface area contributed by atoms with Gasteiger partial charge in [-0.25, -0.2) is 19.2 Å². The van der Waals surface area contributed by atoms with Crippen LogP contribution in [-0.2, 0) is 28.7 Å². The van der Waals surface area contributed by atoms with E-state index in [0.717, 1.165) is 0 Å². The molecule has 0 aliphatic carbocycles. The van der Waals surface area contributed by atoms with Crippen molar-refractivity contribution < 1.29 is 28.7 Å². The number of rotatable bonds is 4. The summed E-state index contributed by atoms with van der Waals surface area (Å²) in [6.07, 6.45) is 1.27. The Morgan fingerprint density at radius 1 is 0.833 bits per heavy atom. The van der Waals surface area contributed by atoms with Gasteiger partial charge < -0.3 is 20.9 Å². The number of carbonyl (C=O) groups excluding carboxylic acids is 4. The van der Waals surface area contributed by atoms with Crippen LogP contribution in [0.1, 0.15) is 13.8 Å². The molecule has 0 aromatic rings. The summed E-state index contributed by atoms with van der Waals surface area (Å²) >= 11 is 0.